The lowest BCUT2D eigenvalue weighted by Crippen LogP contribution is -2.17. The third-order valence-electron chi connectivity index (χ3n) is 3.14. The summed E-state index contributed by atoms with van der Waals surface area (Å²) in [6.07, 6.45) is 5.79. The average Bonchev–Trinajstić information content (AvgIpc) is 2.59. The Hall–Kier alpha value is -3.66. The maximum atomic E-state index is 12.3. The van der Waals surface area contributed by atoms with Gasteiger partial charge in [0.05, 0.1) is 17.5 Å². The molecule has 7 heteroatoms. The van der Waals surface area contributed by atoms with Gasteiger partial charge in [0.2, 0.25) is 0 Å². The molecule has 0 atom stereocenters. The van der Waals surface area contributed by atoms with Gasteiger partial charge in [-0.1, -0.05) is 6.07 Å². The van der Waals surface area contributed by atoms with Crippen LogP contribution < -0.4 is 10.9 Å². The van der Waals surface area contributed by atoms with Gasteiger partial charge in [-0.2, -0.15) is 5.26 Å². The Kier molecular flexibility index (Phi) is 3.72. The Morgan fingerprint density at radius 3 is 2.91 bits per heavy atom. The van der Waals surface area contributed by atoms with Crippen molar-refractivity contribution in [2.24, 2.45) is 0 Å². The average molecular weight is 305 g/mol. The van der Waals surface area contributed by atoms with Crippen molar-refractivity contribution in [3.63, 3.8) is 0 Å². The SMILES string of the molecule is N#C/C(=C/Nc1cnc2c(O)cccn2c1=O)c1ccccn1. The largest absolute Gasteiger partial charge is 0.504 e. The van der Waals surface area contributed by atoms with Crippen molar-refractivity contribution >= 4 is 16.9 Å². The number of anilines is 1. The molecule has 0 radical (unpaired) electrons. The van der Waals surface area contributed by atoms with Crippen LogP contribution in [-0.2, 0) is 0 Å². The fourth-order valence-electron chi connectivity index (χ4n) is 2.03. The zero-order chi connectivity index (χ0) is 16.2. The van der Waals surface area contributed by atoms with E-state index in [1.807, 2.05) is 6.07 Å². The van der Waals surface area contributed by atoms with Gasteiger partial charge in [-0.3, -0.25) is 14.2 Å². The molecule has 3 aromatic rings. The van der Waals surface area contributed by atoms with Gasteiger partial charge in [0, 0.05) is 18.6 Å². The van der Waals surface area contributed by atoms with Crippen LogP contribution >= 0.6 is 0 Å². The number of hydrogen-bond donors (Lipinski definition) is 2. The molecule has 0 aliphatic carbocycles. The van der Waals surface area contributed by atoms with Gasteiger partial charge in [-0.25, -0.2) is 4.98 Å². The van der Waals surface area contributed by atoms with E-state index < -0.39 is 0 Å². The number of nitrogens with one attached hydrogen (secondary N) is 1. The maximum absolute atomic E-state index is 12.3. The first-order valence-corrected chi connectivity index (χ1v) is 6.68. The lowest BCUT2D eigenvalue weighted by Gasteiger charge is -2.05. The Morgan fingerprint density at radius 2 is 2.17 bits per heavy atom. The van der Waals surface area contributed by atoms with Gasteiger partial charge in [-0.15, -0.1) is 0 Å². The predicted octanol–water partition coefficient (Wildman–Crippen LogP) is 1.77. The molecule has 112 valence electrons. The number of aromatic hydroxyl groups is 1. The van der Waals surface area contributed by atoms with Crippen LogP contribution in [0.1, 0.15) is 5.69 Å². The van der Waals surface area contributed by atoms with Gasteiger partial charge >= 0.3 is 0 Å². The smallest absolute Gasteiger partial charge is 0.281 e. The van der Waals surface area contributed by atoms with Crippen molar-refractivity contribution in [1.82, 2.24) is 14.4 Å². The van der Waals surface area contributed by atoms with Crippen molar-refractivity contribution in [3.8, 4) is 11.8 Å². The molecule has 23 heavy (non-hydrogen) atoms. The summed E-state index contributed by atoms with van der Waals surface area (Å²) >= 11 is 0. The zero-order valence-electron chi connectivity index (χ0n) is 11.8. The molecule has 0 amide bonds. The Bertz CT molecular complexity index is 987. The van der Waals surface area contributed by atoms with Crippen molar-refractivity contribution in [2.45, 2.75) is 0 Å². The summed E-state index contributed by atoms with van der Waals surface area (Å²) in [5.74, 6) is -0.0853. The molecule has 0 fully saturated rings. The third kappa shape index (κ3) is 2.73. The second-order valence-electron chi connectivity index (χ2n) is 4.59. The first-order valence-electron chi connectivity index (χ1n) is 6.68. The van der Waals surface area contributed by atoms with Gasteiger partial charge in [0.1, 0.15) is 11.8 Å². The molecular formula is C16H11N5O2. The highest BCUT2D eigenvalue weighted by molar-refractivity contribution is 5.76. The molecular weight excluding hydrogens is 294 g/mol. The third-order valence-corrected chi connectivity index (χ3v) is 3.14. The van der Waals surface area contributed by atoms with E-state index >= 15 is 0 Å². The molecule has 3 aromatic heterocycles. The topological polar surface area (TPSA) is 103 Å². The van der Waals surface area contributed by atoms with E-state index in [2.05, 4.69) is 15.3 Å². The number of nitriles is 1. The molecule has 0 bridgehead atoms. The van der Waals surface area contributed by atoms with Crippen LogP contribution in [0.3, 0.4) is 0 Å². The summed E-state index contributed by atoms with van der Waals surface area (Å²) < 4.78 is 1.22. The molecule has 0 saturated heterocycles. The number of pyridine rings is 2. The first-order chi connectivity index (χ1) is 11.2. The molecule has 0 unspecified atom stereocenters. The van der Waals surface area contributed by atoms with Gasteiger partial charge in [0.25, 0.3) is 5.56 Å². The Balaban J connectivity index is 1.99. The summed E-state index contributed by atoms with van der Waals surface area (Å²) in [7, 11) is 0. The van der Waals surface area contributed by atoms with Crippen LogP contribution in [0.2, 0.25) is 0 Å². The zero-order valence-corrected chi connectivity index (χ0v) is 11.8. The van der Waals surface area contributed by atoms with Gasteiger partial charge < -0.3 is 10.4 Å². The molecule has 0 saturated carbocycles. The second kappa shape index (κ2) is 5.99. The lowest BCUT2D eigenvalue weighted by atomic mass is 10.2. The predicted molar refractivity (Wildman–Crippen MR) is 84.6 cm³/mol. The van der Waals surface area contributed by atoms with Crippen molar-refractivity contribution in [2.75, 3.05) is 5.32 Å². The number of rotatable bonds is 3. The molecule has 0 spiro atoms. The summed E-state index contributed by atoms with van der Waals surface area (Å²) in [6.45, 7) is 0. The highest BCUT2D eigenvalue weighted by atomic mass is 16.3. The highest BCUT2D eigenvalue weighted by Crippen LogP contribution is 2.15. The Morgan fingerprint density at radius 1 is 1.30 bits per heavy atom. The summed E-state index contributed by atoms with van der Waals surface area (Å²) in [5, 5.41) is 21.7. The molecule has 0 aliphatic heterocycles. The van der Waals surface area contributed by atoms with Gasteiger partial charge in [-0.05, 0) is 24.3 Å². The first kappa shape index (κ1) is 14.3. The van der Waals surface area contributed by atoms with Crippen molar-refractivity contribution in [3.05, 3.63) is 71.2 Å². The van der Waals surface area contributed by atoms with Crippen LogP contribution in [0.25, 0.3) is 11.2 Å². The normalized spacial score (nSPS) is 11.2. The molecule has 7 nitrogen and oxygen atoms in total. The van der Waals surface area contributed by atoms with E-state index in [4.69, 9.17) is 0 Å². The minimum atomic E-state index is -0.388. The van der Waals surface area contributed by atoms with E-state index in [1.54, 1.807) is 30.5 Å². The monoisotopic (exact) mass is 305 g/mol. The molecule has 3 rings (SSSR count). The van der Waals surface area contributed by atoms with Crippen LogP contribution in [0.15, 0.2) is 59.9 Å². The second-order valence-corrected chi connectivity index (χ2v) is 4.59. The van der Waals surface area contributed by atoms with E-state index in [9.17, 15) is 15.2 Å². The van der Waals surface area contributed by atoms with Crippen LogP contribution in [-0.4, -0.2) is 19.5 Å². The number of nitrogens with zero attached hydrogens (tertiary/aromatic N) is 4. The molecule has 3 heterocycles. The number of hydrogen-bond acceptors (Lipinski definition) is 6. The Labute approximate surface area is 130 Å². The molecule has 0 aromatic carbocycles. The van der Waals surface area contributed by atoms with Crippen LogP contribution in [0.5, 0.6) is 5.75 Å². The number of allylic oxidation sites excluding steroid dienone is 1. The van der Waals surface area contributed by atoms with E-state index in [0.29, 0.717) is 5.69 Å². The fourth-order valence-corrected chi connectivity index (χ4v) is 2.03. The van der Waals surface area contributed by atoms with E-state index in [0.717, 1.165) is 0 Å². The van der Waals surface area contributed by atoms with E-state index in [-0.39, 0.29) is 28.2 Å². The number of fused-ring (bicyclic) bond motifs is 1. The van der Waals surface area contributed by atoms with Crippen molar-refractivity contribution < 1.29 is 5.11 Å². The minimum Gasteiger partial charge on any atom is -0.504 e. The standard InChI is InChI=1S/C16H11N5O2/c17-8-11(12-4-1-2-6-18-12)9-19-13-10-20-15-14(22)5-3-7-21(15)16(13)23/h1-7,9-10,19,22H/b11-9-. The lowest BCUT2D eigenvalue weighted by molar-refractivity contribution is 0.477. The maximum Gasteiger partial charge on any atom is 0.281 e. The highest BCUT2D eigenvalue weighted by Gasteiger charge is 2.07. The van der Waals surface area contributed by atoms with Crippen LogP contribution in [0, 0.1) is 11.3 Å². The quantitative estimate of drug-likeness (QED) is 0.715. The molecule has 2 N–H and O–H groups in total. The summed E-state index contributed by atoms with van der Waals surface area (Å²) in [6, 6.07) is 10.2. The number of aromatic nitrogens is 3. The fraction of sp³-hybridized carbons (Fsp3) is 0. The summed E-state index contributed by atoms with van der Waals surface area (Å²) in [4.78, 5) is 20.5. The molecule has 0 aliphatic rings. The minimum absolute atomic E-state index is 0.0853. The van der Waals surface area contributed by atoms with Crippen molar-refractivity contribution in [1.29, 1.82) is 5.26 Å². The van der Waals surface area contributed by atoms with E-state index in [1.165, 1.54) is 29.1 Å². The summed E-state index contributed by atoms with van der Waals surface area (Å²) in [5.41, 5.74) is 0.731. The van der Waals surface area contributed by atoms with Crippen LogP contribution in [0.4, 0.5) is 5.69 Å². The van der Waals surface area contributed by atoms with Gasteiger partial charge in [0.15, 0.2) is 11.4 Å².